The van der Waals surface area contributed by atoms with Crippen molar-refractivity contribution >= 4 is 45.0 Å². The van der Waals surface area contributed by atoms with Crippen LogP contribution in [0.15, 0.2) is 76.0 Å². The maximum absolute atomic E-state index is 12.9. The molecule has 4 aromatic rings. The van der Waals surface area contributed by atoms with Crippen molar-refractivity contribution < 1.29 is 4.79 Å². The van der Waals surface area contributed by atoms with E-state index in [4.69, 9.17) is 12.2 Å². The molecular formula is C24H20BrN3O2S. The third-order valence-corrected chi connectivity index (χ3v) is 5.89. The fourth-order valence-corrected chi connectivity index (χ4v) is 3.92. The third kappa shape index (κ3) is 4.84. The van der Waals surface area contributed by atoms with E-state index in [1.165, 1.54) is 10.1 Å². The van der Waals surface area contributed by atoms with Gasteiger partial charge in [0.15, 0.2) is 4.77 Å². The highest BCUT2D eigenvalue weighted by Gasteiger charge is 2.09. The third-order valence-electron chi connectivity index (χ3n) is 5.07. The Morgan fingerprint density at radius 2 is 1.71 bits per heavy atom. The number of rotatable bonds is 5. The number of fused-ring (bicyclic) bond motifs is 1. The number of hydrogen-bond acceptors (Lipinski definition) is 3. The molecule has 0 unspecified atom stereocenters. The summed E-state index contributed by atoms with van der Waals surface area (Å²) in [5, 5.41) is 3.49. The van der Waals surface area contributed by atoms with Crippen molar-refractivity contribution in [3.05, 3.63) is 109 Å². The Balaban J connectivity index is 1.50. The number of carbonyl (C=O) groups excluding carboxylic acids is 1. The molecule has 0 aliphatic rings. The number of hydrogen-bond donors (Lipinski definition) is 2. The molecule has 2 N–H and O–H groups in total. The number of carbonyl (C=O) groups is 1. The first-order valence-corrected chi connectivity index (χ1v) is 11.0. The highest BCUT2D eigenvalue weighted by Crippen LogP contribution is 2.16. The molecule has 0 aliphatic heterocycles. The minimum Gasteiger partial charge on any atom is -0.348 e. The van der Waals surface area contributed by atoms with Gasteiger partial charge in [0, 0.05) is 16.6 Å². The molecule has 0 saturated carbocycles. The number of aromatic nitrogens is 2. The van der Waals surface area contributed by atoms with Gasteiger partial charge in [-0.05, 0) is 60.6 Å². The Morgan fingerprint density at radius 1 is 1.03 bits per heavy atom. The first kappa shape index (κ1) is 21.2. The molecule has 1 amide bonds. The lowest BCUT2D eigenvalue weighted by Crippen LogP contribution is -2.23. The fraction of sp³-hybridized carbons (Fsp3) is 0.125. The Kier molecular flexibility index (Phi) is 6.15. The maximum atomic E-state index is 12.9. The van der Waals surface area contributed by atoms with Crippen LogP contribution in [0.4, 0.5) is 0 Å². The van der Waals surface area contributed by atoms with Gasteiger partial charge < -0.3 is 10.3 Å². The van der Waals surface area contributed by atoms with Crippen molar-refractivity contribution in [2.45, 2.75) is 20.0 Å². The molecule has 5 nitrogen and oxygen atoms in total. The standard InChI is InChI=1S/C24H20BrN3O2S/c1-15-2-4-16(5-3-15)13-26-22(29)18-8-6-17(7-9-18)14-28-23(30)20-12-19(25)10-11-21(20)27-24(28)31/h2-12H,13-14H2,1H3,(H,26,29)(H,27,31). The molecule has 0 saturated heterocycles. The second kappa shape index (κ2) is 8.99. The van der Waals surface area contributed by atoms with Gasteiger partial charge in [-0.3, -0.25) is 14.2 Å². The smallest absolute Gasteiger partial charge is 0.262 e. The number of nitrogens with zero attached hydrogens (tertiary/aromatic N) is 1. The van der Waals surface area contributed by atoms with Crippen molar-refractivity contribution in [3.63, 3.8) is 0 Å². The summed E-state index contributed by atoms with van der Waals surface area (Å²) in [6, 6.07) is 20.7. The summed E-state index contributed by atoms with van der Waals surface area (Å²) in [6.07, 6.45) is 0. The predicted octanol–water partition coefficient (Wildman–Crippen LogP) is 5.11. The molecule has 0 spiro atoms. The molecule has 31 heavy (non-hydrogen) atoms. The molecular weight excluding hydrogens is 474 g/mol. The lowest BCUT2D eigenvalue weighted by atomic mass is 10.1. The topological polar surface area (TPSA) is 66.9 Å². The summed E-state index contributed by atoms with van der Waals surface area (Å²) in [5.41, 5.74) is 4.23. The van der Waals surface area contributed by atoms with Gasteiger partial charge in [0.25, 0.3) is 11.5 Å². The van der Waals surface area contributed by atoms with Crippen LogP contribution >= 0.6 is 28.1 Å². The number of aromatic amines is 1. The summed E-state index contributed by atoms with van der Waals surface area (Å²) >= 11 is 8.79. The van der Waals surface area contributed by atoms with Gasteiger partial charge in [0.1, 0.15) is 0 Å². The average molecular weight is 494 g/mol. The molecule has 156 valence electrons. The molecule has 0 bridgehead atoms. The zero-order valence-electron chi connectivity index (χ0n) is 16.8. The van der Waals surface area contributed by atoms with E-state index in [2.05, 4.69) is 26.2 Å². The number of halogens is 1. The monoisotopic (exact) mass is 493 g/mol. The van der Waals surface area contributed by atoms with Gasteiger partial charge >= 0.3 is 0 Å². The highest BCUT2D eigenvalue weighted by atomic mass is 79.9. The number of H-pyrrole nitrogens is 1. The quantitative estimate of drug-likeness (QED) is 0.379. The van der Waals surface area contributed by atoms with E-state index in [1.807, 2.05) is 55.5 Å². The molecule has 7 heteroatoms. The fourth-order valence-electron chi connectivity index (χ4n) is 3.30. The van der Waals surface area contributed by atoms with Gasteiger partial charge in [0.2, 0.25) is 0 Å². The molecule has 0 atom stereocenters. The molecule has 1 heterocycles. The normalized spacial score (nSPS) is 10.9. The zero-order valence-corrected chi connectivity index (χ0v) is 19.2. The van der Waals surface area contributed by atoms with Gasteiger partial charge in [-0.2, -0.15) is 0 Å². The van der Waals surface area contributed by atoms with Crippen LogP contribution in [-0.2, 0) is 13.1 Å². The molecule has 0 aliphatic carbocycles. The van der Waals surface area contributed by atoms with Gasteiger partial charge in [-0.1, -0.05) is 57.9 Å². The summed E-state index contributed by atoms with van der Waals surface area (Å²) in [7, 11) is 0. The minimum absolute atomic E-state index is 0.142. The summed E-state index contributed by atoms with van der Waals surface area (Å²) in [5.74, 6) is -0.142. The Bertz CT molecular complexity index is 1370. The Morgan fingerprint density at radius 3 is 2.42 bits per heavy atom. The Labute approximate surface area is 192 Å². The molecule has 0 fully saturated rings. The molecule has 1 aromatic heterocycles. The first-order valence-electron chi connectivity index (χ1n) is 9.76. The van der Waals surface area contributed by atoms with Crippen LogP contribution in [0.3, 0.4) is 0 Å². The highest BCUT2D eigenvalue weighted by molar-refractivity contribution is 9.10. The summed E-state index contributed by atoms with van der Waals surface area (Å²) in [6.45, 7) is 2.82. The SMILES string of the molecule is Cc1ccc(CNC(=O)c2ccc(Cn3c(=S)[nH]c4ccc(Br)cc4c3=O)cc2)cc1. The van der Waals surface area contributed by atoms with Gasteiger partial charge in [-0.15, -0.1) is 0 Å². The minimum atomic E-state index is -0.153. The van der Waals surface area contributed by atoms with E-state index in [1.54, 1.807) is 18.2 Å². The lowest BCUT2D eigenvalue weighted by Gasteiger charge is -2.10. The van der Waals surface area contributed by atoms with Crippen LogP contribution in [0.5, 0.6) is 0 Å². The van der Waals surface area contributed by atoms with Crippen molar-refractivity contribution in [2.24, 2.45) is 0 Å². The van der Waals surface area contributed by atoms with Crippen LogP contribution in [0.1, 0.15) is 27.0 Å². The van der Waals surface area contributed by atoms with E-state index in [-0.39, 0.29) is 11.5 Å². The van der Waals surface area contributed by atoms with E-state index < -0.39 is 0 Å². The van der Waals surface area contributed by atoms with Crippen molar-refractivity contribution in [2.75, 3.05) is 0 Å². The number of aryl methyl sites for hydroxylation is 1. The number of amides is 1. The molecule has 3 aromatic carbocycles. The molecule has 4 rings (SSSR count). The van der Waals surface area contributed by atoms with Crippen LogP contribution < -0.4 is 10.9 Å². The second-order valence-corrected chi connectivity index (χ2v) is 8.68. The van der Waals surface area contributed by atoms with Crippen molar-refractivity contribution in [1.82, 2.24) is 14.9 Å². The van der Waals surface area contributed by atoms with Crippen LogP contribution in [-0.4, -0.2) is 15.5 Å². The van der Waals surface area contributed by atoms with Crippen LogP contribution in [0, 0.1) is 11.7 Å². The van der Waals surface area contributed by atoms with Gasteiger partial charge in [-0.25, -0.2) is 0 Å². The van der Waals surface area contributed by atoms with E-state index in [0.717, 1.165) is 15.6 Å². The maximum Gasteiger partial charge on any atom is 0.262 e. The van der Waals surface area contributed by atoms with E-state index in [9.17, 15) is 9.59 Å². The predicted molar refractivity (Wildman–Crippen MR) is 129 cm³/mol. The Hall–Kier alpha value is -3.03. The van der Waals surface area contributed by atoms with E-state index >= 15 is 0 Å². The summed E-state index contributed by atoms with van der Waals surface area (Å²) in [4.78, 5) is 28.5. The van der Waals surface area contributed by atoms with Crippen molar-refractivity contribution in [3.8, 4) is 0 Å². The average Bonchev–Trinajstić information content (AvgIpc) is 2.77. The van der Waals surface area contributed by atoms with Crippen LogP contribution in [0.2, 0.25) is 0 Å². The number of nitrogens with one attached hydrogen (secondary N) is 2. The largest absolute Gasteiger partial charge is 0.348 e. The van der Waals surface area contributed by atoms with Crippen molar-refractivity contribution in [1.29, 1.82) is 0 Å². The van der Waals surface area contributed by atoms with E-state index in [0.29, 0.717) is 34.3 Å². The van der Waals surface area contributed by atoms with Crippen LogP contribution in [0.25, 0.3) is 10.9 Å². The lowest BCUT2D eigenvalue weighted by molar-refractivity contribution is 0.0951. The summed E-state index contributed by atoms with van der Waals surface area (Å²) < 4.78 is 2.71. The molecule has 0 radical (unpaired) electrons. The zero-order chi connectivity index (χ0) is 22.0. The first-order chi connectivity index (χ1) is 14.9. The second-order valence-electron chi connectivity index (χ2n) is 7.38. The number of benzene rings is 3. The van der Waals surface area contributed by atoms with Gasteiger partial charge in [0.05, 0.1) is 17.4 Å².